The van der Waals surface area contributed by atoms with Gasteiger partial charge in [-0.15, -0.1) is 0 Å². The van der Waals surface area contributed by atoms with E-state index < -0.39 is 0 Å². The van der Waals surface area contributed by atoms with Gasteiger partial charge in [-0.2, -0.15) is 11.3 Å². The first kappa shape index (κ1) is 21.1. The second-order valence-electron chi connectivity index (χ2n) is 6.73. The first-order chi connectivity index (χ1) is 14.1. The van der Waals surface area contributed by atoms with Crippen LogP contribution in [0.4, 0.5) is 0 Å². The molecule has 1 aromatic heterocycles. The molecule has 1 fully saturated rings. The van der Waals surface area contributed by atoms with Crippen molar-refractivity contribution in [3.05, 3.63) is 40.1 Å². The van der Waals surface area contributed by atoms with Crippen molar-refractivity contribution in [3.8, 4) is 17.2 Å². The van der Waals surface area contributed by atoms with Crippen LogP contribution in [-0.2, 0) is 0 Å². The van der Waals surface area contributed by atoms with Crippen LogP contribution in [0.15, 0.2) is 29.0 Å². The first-order valence-electron chi connectivity index (χ1n) is 9.44. The normalized spacial score (nSPS) is 14.5. The number of amides is 1. The standard InChI is InChI=1S/C21H26N2O5S/c1-26-18-12-16(13-19(27-2)20(18)28-3)21(25)23-9-7-22(8-10-23)6-4-17(24)15-5-11-29-14-15/h5,11-14H,4,6-10H2,1-3H3. The van der Waals surface area contributed by atoms with Gasteiger partial charge in [0, 0.05) is 55.7 Å². The number of benzene rings is 1. The molecule has 0 unspecified atom stereocenters. The van der Waals surface area contributed by atoms with E-state index in [0.29, 0.717) is 48.9 Å². The molecule has 3 rings (SSSR count). The average molecular weight is 419 g/mol. The molecule has 29 heavy (non-hydrogen) atoms. The van der Waals surface area contributed by atoms with Crippen LogP contribution in [0, 0.1) is 0 Å². The van der Waals surface area contributed by atoms with Crippen LogP contribution in [0.1, 0.15) is 27.1 Å². The Morgan fingerprint density at radius 2 is 1.62 bits per heavy atom. The maximum atomic E-state index is 13.0. The zero-order chi connectivity index (χ0) is 20.8. The van der Waals surface area contributed by atoms with Gasteiger partial charge >= 0.3 is 0 Å². The Labute approximate surface area is 174 Å². The Morgan fingerprint density at radius 3 is 2.14 bits per heavy atom. The van der Waals surface area contributed by atoms with E-state index in [2.05, 4.69) is 4.90 Å². The number of hydrogen-bond acceptors (Lipinski definition) is 7. The molecule has 0 bridgehead atoms. The number of hydrogen-bond donors (Lipinski definition) is 0. The van der Waals surface area contributed by atoms with E-state index in [9.17, 15) is 9.59 Å². The van der Waals surface area contributed by atoms with Gasteiger partial charge in [-0.25, -0.2) is 0 Å². The molecule has 7 nitrogen and oxygen atoms in total. The molecule has 1 aliphatic rings. The molecule has 0 atom stereocenters. The van der Waals surface area contributed by atoms with E-state index in [0.717, 1.165) is 18.7 Å². The summed E-state index contributed by atoms with van der Waals surface area (Å²) in [4.78, 5) is 29.2. The van der Waals surface area contributed by atoms with Crippen molar-refractivity contribution in [3.63, 3.8) is 0 Å². The lowest BCUT2D eigenvalue weighted by Crippen LogP contribution is -2.49. The highest BCUT2D eigenvalue weighted by Crippen LogP contribution is 2.38. The Balaban J connectivity index is 1.58. The number of Topliss-reactive ketones (excluding diaryl/α,β-unsaturated/α-hetero) is 1. The van der Waals surface area contributed by atoms with Gasteiger partial charge in [0.25, 0.3) is 5.91 Å². The maximum absolute atomic E-state index is 13.0. The quantitative estimate of drug-likeness (QED) is 0.614. The summed E-state index contributed by atoms with van der Waals surface area (Å²) in [6.45, 7) is 3.42. The lowest BCUT2D eigenvalue weighted by Gasteiger charge is -2.34. The lowest BCUT2D eigenvalue weighted by atomic mass is 10.1. The molecule has 2 heterocycles. The number of methoxy groups -OCH3 is 3. The number of rotatable bonds is 8. The van der Waals surface area contributed by atoms with Gasteiger partial charge in [0.15, 0.2) is 17.3 Å². The third kappa shape index (κ3) is 4.89. The van der Waals surface area contributed by atoms with Crippen LogP contribution < -0.4 is 14.2 Å². The number of ether oxygens (including phenoxy) is 3. The summed E-state index contributed by atoms with van der Waals surface area (Å²) in [7, 11) is 4.59. The second kappa shape index (κ2) is 9.76. The second-order valence-corrected chi connectivity index (χ2v) is 7.51. The van der Waals surface area contributed by atoms with Gasteiger partial charge in [0.05, 0.1) is 21.3 Å². The predicted molar refractivity (Wildman–Crippen MR) is 112 cm³/mol. The van der Waals surface area contributed by atoms with Crippen molar-refractivity contribution in [1.29, 1.82) is 0 Å². The molecule has 1 amide bonds. The van der Waals surface area contributed by atoms with Gasteiger partial charge < -0.3 is 19.1 Å². The minimum absolute atomic E-state index is 0.0711. The van der Waals surface area contributed by atoms with E-state index in [1.54, 1.807) is 12.1 Å². The van der Waals surface area contributed by atoms with Gasteiger partial charge in [0.1, 0.15) is 0 Å². The number of nitrogens with zero attached hydrogens (tertiary/aromatic N) is 2. The first-order valence-corrected chi connectivity index (χ1v) is 10.4. The number of piperazine rings is 1. The maximum Gasteiger partial charge on any atom is 0.254 e. The molecular formula is C21H26N2O5S. The van der Waals surface area contributed by atoms with E-state index >= 15 is 0 Å². The van der Waals surface area contributed by atoms with E-state index in [-0.39, 0.29) is 11.7 Å². The van der Waals surface area contributed by atoms with E-state index in [1.165, 1.54) is 32.7 Å². The van der Waals surface area contributed by atoms with Crippen LogP contribution in [0.5, 0.6) is 17.2 Å². The molecule has 1 aliphatic heterocycles. The largest absolute Gasteiger partial charge is 0.493 e. The molecule has 2 aromatic rings. The molecule has 156 valence electrons. The van der Waals surface area contributed by atoms with Crippen molar-refractivity contribution < 1.29 is 23.8 Å². The highest BCUT2D eigenvalue weighted by Gasteiger charge is 2.25. The zero-order valence-electron chi connectivity index (χ0n) is 17.0. The van der Waals surface area contributed by atoms with Crippen LogP contribution in [-0.4, -0.2) is 75.5 Å². The van der Waals surface area contributed by atoms with Crippen LogP contribution in [0.25, 0.3) is 0 Å². The smallest absolute Gasteiger partial charge is 0.254 e. The fourth-order valence-corrected chi connectivity index (χ4v) is 4.05. The van der Waals surface area contributed by atoms with Crippen LogP contribution in [0.3, 0.4) is 0 Å². The molecule has 0 aliphatic carbocycles. The summed E-state index contributed by atoms with van der Waals surface area (Å²) in [5.41, 5.74) is 1.28. The average Bonchev–Trinajstić information content (AvgIpc) is 3.31. The van der Waals surface area contributed by atoms with Crippen LogP contribution >= 0.6 is 11.3 Å². The van der Waals surface area contributed by atoms with Crippen molar-refractivity contribution in [2.24, 2.45) is 0 Å². The molecule has 0 N–H and O–H groups in total. The Kier molecular flexibility index (Phi) is 7.11. The number of carbonyl (C=O) groups is 2. The molecule has 8 heteroatoms. The van der Waals surface area contributed by atoms with Crippen LogP contribution in [0.2, 0.25) is 0 Å². The van der Waals surface area contributed by atoms with Crippen molar-refractivity contribution in [2.45, 2.75) is 6.42 Å². The number of carbonyl (C=O) groups excluding carboxylic acids is 2. The summed E-state index contributed by atoms with van der Waals surface area (Å²) in [5, 5.41) is 3.80. The Bertz CT molecular complexity index is 820. The third-order valence-corrected chi connectivity index (χ3v) is 5.75. The predicted octanol–water partition coefficient (Wildman–Crippen LogP) is 2.80. The minimum Gasteiger partial charge on any atom is -0.493 e. The van der Waals surface area contributed by atoms with Gasteiger partial charge in [-0.1, -0.05) is 0 Å². The van der Waals surface area contributed by atoms with E-state index in [4.69, 9.17) is 14.2 Å². The Morgan fingerprint density at radius 1 is 0.966 bits per heavy atom. The zero-order valence-corrected chi connectivity index (χ0v) is 17.8. The summed E-state index contributed by atoms with van der Waals surface area (Å²) in [5.74, 6) is 1.48. The number of ketones is 1. The van der Waals surface area contributed by atoms with Gasteiger partial charge in [-0.05, 0) is 23.6 Å². The topological polar surface area (TPSA) is 68.3 Å². The molecule has 0 saturated carbocycles. The SMILES string of the molecule is COc1cc(C(=O)N2CCN(CCC(=O)c3ccsc3)CC2)cc(OC)c1OC. The number of thiophene rings is 1. The minimum atomic E-state index is -0.0711. The summed E-state index contributed by atoms with van der Waals surface area (Å²) >= 11 is 1.53. The van der Waals surface area contributed by atoms with Crippen molar-refractivity contribution in [2.75, 3.05) is 54.1 Å². The molecular weight excluding hydrogens is 392 g/mol. The highest BCUT2D eigenvalue weighted by molar-refractivity contribution is 7.08. The van der Waals surface area contributed by atoms with Gasteiger partial charge in [0.2, 0.25) is 5.75 Å². The van der Waals surface area contributed by atoms with Crippen molar-refractivity contribution >= 4 is 23.0 Å². The van der Waals surface area contributed by atoms with Gasteiger partial charge in [-0.3, -0.25) is 14.5 Å². The molecule has 1 saturated heterocycles. The Hall–Kier alpha value is -2.58. The summed E-state index contributed by atoms with van der Waals surface area (Å²) in [6, 6.07) is 5.21. The fourth-order valence-electron chi connectivity index (χ4n) is 3.39. The summed E-state index contributed by atoms with van der Waals surface area (Å²) < 4.78 is 16.0. The highest BCUT2D eigenvalue weighted by atomic mass is 32.1. The molecule has 0 radical (unpaired) electrons. The monoisotopic (exact) mass is 418 g/mol. The van der Waals surface area contributed by atoms with Crippen molar-refractivity contribution in [1.82, 2.24) is 9.80 Å². The lowest BCUT2D eigenvalue weighted by molar-refractivity contribution is 0.0627. The summed E-state index contributed by atoms with van der Waals surface area (Å²) in [6.07, 6.45) is 0.498. The fraction of sp³-hybridized carbons (Fsp3) is 0.429. The molecule has 0 spiro atoms. The molecule has 1 aromatic carbocycles. The third-order valence-electron chi connectivity index (χ3n) is 5.07. The van der Waals surface area contributed by atoms with E-state index in [1.807, 2.05) is 21.7 Å².